The quantitative estimate of drug-likeness (QED) is 0.761. The van der Waals surface area contributed by atoms with Gasteiger partial charge in [0.2, 0.25) is 5.91 Å². The number of rotatable bonds is 6. The minimum absolute atomic E-state index is 0.103. The maximum absolute atomic E-state index is 12.3. The van der Waals surface area contributed by atoms with E-state index >= 15 is 0 Å². The van der Waals surface area contributed by atoms with Crippen molar-refractivity contribution in [3.63, 3.8) is 0 Å². The molecule has 0 aliphatic carbocycles. The summed E-state index contributed by atoms with van der Waals surface area (Å²) in [6, 6.07) is 7.31. The molecule has 146 valence electrons. The highest BCUT2D eigenvalue weighted by molar-refractivity contribution is 7.91. The number of sulfone groups is 2. The van der Waals surface area contributed by atoms with Crippen molar-refractivity contribution in [3.05, 3.63) is 42.1 Å². The minimum atomic E-state index is -3.71. The Morgan fingerprint density at radius 3 is 2.30 bits per heavy atom. The van der Waals surface area contributed by atoms with Gasteiger partial charge in [-0.1, -0.05) is 0 Å². The van der Waals surface area contributed by atoms with Crippen LogP contribution in [-0.4, -0.2) is 53.8 Å². The second-order valence-electron chi connectivity index (χ2n) is 6.30. The van der Waals surface area contributed by atoms with E-state index in [0.717, 1.165) is 24.1 Å². The second-order valence-corrected chi connectivity index (χ2v) is 10.3. The first kappa shape index (κ1) is 20.8. The van der Waals surface area contributed by atoms with E-state index in [-0.39, 0.29) is 27.9 Å². The first-order chi connectivity index (χ1) is 12.4. The van der Waals surface area contributed by atoms with Gasteiger partial charge in [-0.3, -0.25) is 4.79 Å². The van der Waals surface area contributed by atoms with Crippen molar-refractivity contribution in [2.24, 2.45) is 0 Å². The van der Waals surface area contributed by atoms with Crippen LogP contribution in [0.25, 0.3) is 0 Å². The maximum atomic E-state index is 12.3. The zero-order valence-corrected chi connectivity index (χ0v) is 17.1. The average Bonchev–Trinajstić information content (AvgIpc) is 2.52. The highest BCUT2D eigenvalue weighted by Gasteiger charge is 2.21. The van der Waals surface area contributed by atoms with E-state index in [4.69, 9.17) is 0 Å². The Hall–Kier alpha value is -2.46. The van der Waals surface area contributed by atoms with E-state index < -0.39 is 19.7 Å². The zero-order chi connectivity index (χ0) is 20.4. The molecule has 1 N–H and O–H groups in total. The van der Waals surface area contributed by atoms with E-state index in [1.165, 1.54) is 17.0 Å². The summed E-state index contributed by atoms with van der Waals surface area (Å²) in [5.41, 5.74) is 1.17. The monoisotopic (exact) mass is 411 g/mol. The van der Waals surface area contributed by atoms with E-state index in [1.807, 2.05) is 6.92 Å². The molecule has 0 fully saturated rings. The van der Waals surface area contributed by atoms with Gasteiger partial charge in [0.05, 0.1) is 22.0 Å². The summed E-state index contributed by atoms with van der Waals surface area (Å²) in [6.07, 6.45) is 3.56. The lowest BCUT2D eigenvalue weighted by Gasteiger charge is -2.21. The molecule has 0 radical (unpaired) electrons. The third kappa shape index (κ3) is 5.51. The predicted molar refractivity (Wildman–Crippen MR) is 104 cm³/mol. The third-order valence-corrected chi connectivity index (χ3v) is 5.97. The molecule has 10 heteroatoms. The van der Waals surface area contributed by atoms with Gasteiger partial charge in [0.25, 0.3) is 0 Å². The summed E-state index contributed by atoms with van der Waals surface area (Å²) in [4.78, 5) is 17.5. The van der Waals surface area contributed by atoms with Crippen LogP contribution in [0, 0.1) is 6.92 Å². The molecule has 0 spiro atoms. The number of carbonyl (C=O) groups is 1. The summed E-state index contributed by atoms with van der Waals surface area (Å²) in [5.74, 6) is 0.00593. The van der Waals surface area contributed by atoms with Gasteiger partial charge in [0.15, 0.2) is 19.7 Å². The molecule has 2 aromatic rings. The van der Waals surface area contributed by atoms with Gasteiger partial charge < -0.3 is 10.2 Å². The Balaban J connectivity index is 2.29. The highest BCUT2D eigenvalue weighted by Crippen LogP contribution is 2.27. The number of nitrogens with one attached hydrogen (secondary N) is 1. The first-order valence-electron chi connectivity index (χ1n) is 7.86. The van der Waals surface area contributed by atoms with Crippen LogP contribution in [0.3, 0.4) is 0 Å². The van der Waals surface area contributed by atoms with Gasteiger partial charge in [-0.25, -0.2) is 21.8 Å². The van der Waals surface area contributed by atoms with Crippen LogP contribution in [-0.2, 0) is 24.5 Å². The van der Waals surface area contributed by atoms with Gasteiger partial charge in [-0.05, 0) is 42.8 Å². The average molecular weight is 412 g/mol. The van der Waals surface area contributed by atoms with Crippen LogP contribution in [0.5, 0.6) is 0 Å². The zero-order valence-electron chi connectivity index (χ0n) is 15.4. The molecule has 0 aliphatic heterocycles. The summed E-state index contributed by atoms with van der Waals surface area (Å²) >= 11 is 0. The number of carbonyl (C=O) groups excluding carboxylic acids is 1. The number of hydrogen-bond acceptors (Lipinski definition) is 7. The number of amides is 1. The topological polar surface area (TPSA) is 114 Å². The van der Waals surface area contributed by atoms with Crippen LogP contribution < -0.4 is 10.2 Å². The number of benzene rings is 1. The van der Waals surface area contributed by atoms with Gasteiger partial charge in [-0.2, -0.15) is 0 Å². The van der Waals surface area contributed by atoms with E-state index in [0.29, 0.717) is 5.82 Å². The Labute approximate surface area is 159 Å². The smallest absolute Gasteiger partial charge is 0.245 e. The fourth-order valence-electron chi connectivity index (χ4n) is 2.42. The summed E-state index contributed by atoms with van der Waals surface area (Å²) < 4.78 is 47.7. The van der Waals surface area contributed by atoms with Crippen molar-refractivity contribution in [3.8, 4) is 0 Å². The Morgan fingerprint density at radius 1 is 1.07 bits per heavy atom. The van der Waals surface area contributed by atoms with Crippen molar-refractivity contribution in [1.82, 2.24) is 4.98 Å². The number of hydrogen-bond donors (Lipinski definition) is 1. The van der Waals surface area contributed by atoms with Crippen LogP contribution in [0.1, 0.15) is 5.56 Å². The molecule has 0 unspecified atom stereocenters. The molecule has 1 aromatic heterocycles. The van der Waals surface area contributed by atoms with E-state index in [2.05, 4.69) is 10.3 Å². The van der Waals surface area contributed by atoms with Gasteiger partial charge in [0.1, 0.15) is 5.82 Å². The lowest BCUT2D eigenvalue weighted by Crippen LogP contribution is -2.31. The molecular weight excluding hydrogens is 390 g/mol. The van der Waals surface area contributed by atoms with Gasteiger partial charge >= 0.3 is 0 Å². The molecule has 0 atom stereocenters. The standard InChI is InChI=1S/C17H21N3O5S2/c1-12-7-8-18-16(9-12)19-17(21)11-20(2)14-6-5-13(26(3,22)23)10-15(14)27(4,24)25/h5-10H,11H2,1-4H3,(H,18,19,21). The molecular formula is C17H21N3O5S2. The maximum Gasteiger partial charge on any atom is 0.245 e. The van der Waals surface area contributed by atoms with Crippen LogP contribution in [0.2, 0.25) is 0 Å². The molecule has 0 bridgehead atoms. The normalized spacial score (nSPS) is 11.9. The molecule has 27 heavy (non-hydrogen) atoms. The van der Waals surface area contributed by atoms with Crippen LogP contribution in [0.4, 0.5) is 11.5 Å². The van der Waals surface area contributed by atoms with Crippen LogP contribution >= 0.6 is 0 Å². The third-order valence-electron chi connectivity index (χ3n) is 3.73. The molecule has 1 amide bonds. The number of nitrogens with zero attached hydrogens (tertiary/aromatic N) is 2. The van der Waals surface area contributed by atoms with Gasteiger partial charge in [-0.15, -0.1) is 0 Å². The number of likely N-dealkylation sites (N-methyl/N-ethyl adjacent to an activating group) is 1. The van der Waals surface area contributed by atoms with E-state index in [1.54, 1.807) is 25.4 Å². The molecule has 0 aliphatic rings. The molecule has 0 saturated carbocycles. The summed E-state index contributed by atoms with van der Waals surface area (Å²) in [7, 11) is -5.73. The molecule has 2 rings (SSSR count). The number of pyridine rings is 1. The van der Waals surface area contributed by atoms with Crippen LogP contribution in [0.15, 0.2) is 46.3 Å². The lowest BCUT2D eigenvalue weighted by molar-refractivity contribution is -0.114. The fraction of sp³-hybridized carbons (Fsp3) is 0.294. The Bertz CT molecular complexity index is 1080. The van der Waals surface area contributed by atoms with Crippen molar-refractivity contribution < 1.29 is 21.6 Å². The van der Waals surface area contributed by atoms with Crippen molar-refractivity contribution in [2.45, 2.75) is 16.7 Å². The fourth-order valence-corrected chi connectivity index (χ4v) is 4.09. The number of aromatic nitrogens is 1. The molecule has 1 aromatic carbocycles. The first-order valence-corrected chi connectivity index (χ1v) is 11.6. The number of aryl methyl sites for hydroxylation is 1. The summed E-state index contributed by atoms with van der Waals surface area (Å²) in [5, 5.41) is 2.64. The van der Waals surface area contributed by atoms with Crippen molar-refractivity contribution in [2.75, 3.05) is 36.3 Å². The lowest BCUT2D eigenvalue weighted by atomic mass is 10.3. The minimum Gasteiger partial charge on any atom is -0.364 e. The van der Waals surface area contributed by atoms with Crippen molar-refractivity contribution in [1.29, 1.82) is 0 Å². The SMILES string of the molecule is Cc1ccnc(NC(=O)CN(C)c2ccc(S(C)(=O)=O)cc2S(C)(=O)=O)c1. The van der Waals surface area contributed by atoms with E-state index in [9.17, 15) is 21.6 Å². The molecule has 0 saturated heterocycles. The van der Waals surface area contributed by atoms with Crippen molar-refractivity contribution >= 4 is 37.1 Å². The predicted octanol–water partition coefficient (Wildman–Crippen LogP) is 1.27. The molecule has 1 heterocycles. The Morgan fingerprint density at radius 2 is 1.74 bits per heavy atom. The highest BCUT2D eigenvalue weighted by atomic mass is 32.2. The second kappa shape index (κ2) is 7.65. The summed E-state index contributed by atoms with van der Waals surface area (Å²) in [6.45, 7) is 1.72. The molecule has 8 nitrogen and oxygen atoms in total. The largest absolute Gasteiger partial charge is 0.364 e. The van der Waals surface area contributed by atoms with Gasteiger partial charge in [0, 0.05) is 25.8 Å². The number of anilines is 2. The Kier molecular flexibility index (Phi) is 5.91.